The van der Waals surface area contributed by atoms with Gasteiger partial charge in [-0.2, -0.15) is 5.26 Å². The van der Waals surface area contributed by atoms with Crippen molar-refractivity contribution in [2.24, 2.45) is 5.92 Å². The third-order valence-electron chi connectivity index (χ3n) is 8.03. The zero-order chi connectivity index (χ0) is 30.7. The van der Waals surface area contributed by atoms with Crippen molar-refractivity contribution in [1.29, 1.82) is 5.26 Å². The Morgan fingerprint density at radius 3 is 2.60 bits per heavy atom. The van der Waals surface area contributed by atoms with Gasteiger partial charge in [-0.3, -0.25) is 14.5 Å². The highest BCUT2D eigenvalue weighted by Gasteiger charge is 2.47. The van der Waals surface area contributed by atoms with Gasteiger partial charge in [0.2, 0.25) is 17.8 Å². The average Bonchev–Trinajstić information content (AvgIpc) is 3.38. The minimum absolute atomic E-state index is 0.0247. The SMILES string of the molecule is N#Cc1ccnc(N2C(O)CCC2C(=O)N(c2cccc(F)c2)C(C(=O)NC2CCC(F)(F)CC2)C2C=CC=CC2Cl)n1. The topological polar surface area (TPSA) is 122 Å². The molecule has 2 fully saturated rings. The van der Waals surface area contributed by atoms with Crippen LogP contribution in [0.3, 0.4) is 0 Å². The van der Waals surface area contributed by atoms with Gasteiger partial charge in [-0.25, -0.2) is 23.1 Å². The van der Waals surface area contributed by atoms with Gasteiger partial charge in [0.1, 0.15) is 35.9 Å². The van der Waals surface area contributed by atoms with Crippen molar-refractivity contribution in [3.05, 3.63) is 72.3 Å². The van der Waals surface area contributed by atoms with Gasteiger partial charge in [0, 0.05) is 36.7 Å². The van der Waals surface area contributed by atoms with E-state index < -0.39 is 59.2 Å². The van der Waals surface area contributed by atoms with Crippen molar-refractivity contribution in [2.45, 2.75) is 74.2 Å². The first kappa shape index (κ1) is 30.5. The number of halogens is 4. The number of carbonyl (C=O) groups excluding carboxylic acids is 2. The van der Waals surface area contributed by atoms with E-state index in [9.17, 15) is 33.1 Å². The van der Waals surface area contributed by atoms with Gasteiger partial charge in [-0.1, -0.05) is 30.4 Å². The number of aliphatic hydroxyl groups is 1. The van der Waals surface area contributed by atoms with Gasteiger partial charge in [-0.05, 0) is 49.9 Å². The number of allylic oxidation sites excluding steroid dienone is 3. The number of alkyl halides is 3. The molecule has 2 aromatic rings. The molecule has 9 nitrogen and oxygen atoms in total. The largest absolute Gasteiger partial charge is 0.373 e. The molecule has 43 heavy (non-hydrogen) atoms. The number of aromatic nitrogens is 2. The lowest BCUT2D eigenvalue weighted by Gasteiger charge is -2.40. The Labute approximate surface area is 251 Å². The van der Waals surface area contributed by atoms with E-state index in [4.69, 9.17) is 11.6 Å². The number of rotatable bonds is 7. The van der Waals surface area contributed by atoms with E-state index >= 15 is 0 Å². The van der Waals surface area contributed by atoms with Crippen LogP contribution in [0.4, 0.5) is 24.8 Å². The van der Waals surface area contributed by atoms with Gasteiger partial charge < -0.3 is 15.3 Å². The molecule has 0 spiro atoms. The molecular formula is C30H30ClF3N6O3. The number of hydrogen-bond donors (Lipinski definition) is 2. The monoisotopic (exact) mass is 614 g/mol. The smallest absolute Gasteiger partial charge is 0.250 e. The second-order valence-corrected chi connectivity index (χ2v) is 11.4. The quantitative estimate of drug-likeness (QED) is 0.448. The van der Waals surface area contributed by atoms with Crippen LogP contribution >= 0.6 is 11.6 Å². The highest BCUT2D eigenvalue weighted by atomic mass is 35.5. The Hall–Kier alpha value is -3.95. The summed E-state index contributed by atoms with van der Waals surface area (Å²) in [5, 5.41) is 22.3. The van der Waals surface area contributed by atoms with Crippen LogP contribution in [-0.4, -0.2) is 62.5 Å². The summed E-state index contributed by atoms with van der Waals surface area (Å²) < 4.78 is 42.3. The second kappa shape index (κ2) is 12.7. The molecule has 1 saturated carbocycles. The third-order valence-corrected chi connectivity index (χ3v) is 8.47. The van der Waals surface area contributed by atoms with Crippen LogP contribution in [0.2, 0.25) is 0 Å². The van der Waals surface area contributed by atoms with Gasteiger partial charge in [-0.15, -0.1) is 11.6 Å². The molecule has 2 N–H and O–H groups in total. The Balaban J connectivity index is 1.56. The van der Waals surface area contributed by atoms with Gasteiger partial charge in [0.15, 0.2) is 0 Å². The number of nitrogens with zero attached hydrogens (tertiary/aromatic N) is 5. The average molecular weight is 615 g/mol. The molecule has 0 bridgehead atoms. The standard InChI is InChI=1S/C30H30ClF3N6O3/c31-23-7-2-1-6-22(23)26(27(42)37-19-10-13-30(33,34)14-11-19)39(21-5-3-4-18(32)16-21)28(43)24-8-9-25(41)40(24)29-36-15-12-20(17-35)38-29/h1-7,12,15-16,19,22-26,41H,8-11,13-14H2,(H,37,42). The summed E-state index contributed by atoms with van der Waals surface area (Å²) in [7, 11) is 0. The van der Waals surface area contributed by atoms with E-state index in [1.165, 1.54) is 40.3 Å². The molecule has 3 aliphatic rings. The van der Waals surface area contributed by atoms with E-state index in [-0.39, 0.29) is 55.9 Å². The van der Waals surface area contributed by atoms with E-state index in [0.29, 0.717) is 0 Å². The minimum Gasteiger partial charge on any atom is -0.373 e. The molecule has 2 heterocycles. The molecule has 0 radical (unpaired) electrons. The Bertz CT molecular complexity index is 1460. The zero-order valence-electron chi connectivity index (χ0n) is 23.0. The van der Waals surface area contributed by atoms with Crippen LogP contribution in [0.1, 0.15) is 44.2 Å². The van der Waals surface area contributed by atoms with Gasteiger partial charge in [0.25, 0.3) is 5.91 Å². The molecule has 226 valence electrons. The van der Waals surface area contributed by atoms with Crippen molar-refractivity contribution >= 4 is 35.1 Å². The number of carbonyl (C=O) groups is 2. The maximum Gasteiger partial charge on any atom is 0.250 e. The molecule has 5 unspecified atom stereocenters. The number of nitriles is 1. The van der Waals surface area contributed by atoms with Crippen LogP contribution in [0, 0.1) is 23.1 Å². The fraction of sp³-hybridized carbons (Fsp3) is 0.433. The molecular weight excluding hydrogens is 585 g/mol. The molecule has 1 saturated heterocycles. The van der Waals surface area contributed by atoms with Crippen molar-refractivity contribution in [2.75, 3.05) is 9.80 Å². The lowest BCUT2D eigenvalue weighted by atomic mass is 9.87. The van der Waals surface area contributed by atoms with Crippen LogP contribution in [0.25, 0.3) is 0 Å². The van der Waals surface area contributed by atoms with Crippen molar-refractivity contribution in [3.8, 4) is 6.07 Å². The van der Waals surface area contributed by atoms with Crippen LogP contribution in [0.5, 0.6) is 0 Å². The van der Waals surface area contributed by atoms with E-state index in [0.717, 1.165) is 6.07 Å². The Kier molecular flexibility index (Phi) is 9.03. The van der Waals surface area contributed by atoms with Crippen molar-refractivity contribution in [3.63, 3.8) is 0 Å². The molecule has 1 aliphatic heterocycles. The first-order valence-electron chi connectivity index (χ1n) is 14.0. The number of hydrogen-bond acceptors (Lipinski definition) is 7. The van der Waals surface area contributed by atoms with Crippen LogP contribution in [-0.2, 0) is 9.59 Å². The Morgan fingerprint density at radius 2 is 1.91 bits per heavy atom. The van der Waals surface area contributed by atoms with Crippen LogP contribution in [0.15, 0.2) is 60.8 Å². The fourth-order valence-electron chi connectivity index (χ4n) is 5.87. The summed E-state index contributed by atoms with van der Waals surface area (Å²) in [6.07, 6.45) is 6.54. The van der Waals surface area contributed by atoms with Crippen LogP contribution < -0.4 is 15.1 Å². The van der Waals surface area contributed by atoms with E-state index in [1.54, 1.807) is 24.3 Å². The first-order valence-corrected chi connectivity index (χ1v) is 14.5. The Morgan fingerprint density at radius 1 is 1.16 bits per heavy atom. The summed E-state index contributed by atoms with van der Waals surface area (Å²) in [5.74, 6) is -5.58. The number of amides is 2. The first-order chi connectivity index (χ1) is 20.6. The van der Waals surface area contributed by atoms with Gasteiger partial charge in [0.05, 0.1) is 5.38 Å². The molecule has 1 aromatic carbocycles. The number of aliphatic hydroxyl groups excluding tert-OH is 1. The summed E-state index contributed by atoms with van der Waals surface area (Å²) >= 11 is 6.68. The fourth-order valence-corrected chi connectivity index (χ4v) is 6.17. The highest BCUT2D eigenvalue weighted by molar-refractivity contribution is 6.22. The normalized spacial score (nSPS) is 25.6. The number of anilines is 2. The zero-order valence-corrected chi connectivity index (χ0v) is 23.7. The van der Waals surface area contributed by atoms with E-state index in [1.807, 2.05) is 6.07 Å². The third kappa shape index (κ3) is 6.68. The molecule has 2 aliphatic carbocycles. The summed E-state index contributed by atoms with van der Waals surface area (Å²) in [4.78, 5) is 39.5. The predicted octanol–water partition coefficient (Wildman–Crippen LogP) is 4.22. The van der Waals surface area contributed by atoms with Crippen molar-refractivity contribution < 1.29 is 27.9 Å². The summed E-state index contributed by atoms with van der Waals surface area (Å²) in [6, 6.07) is 5.53. The van der Waals surface area contributed by atoms with Crippen molar-refractivity contribution in [1.82, 2.24) is 15.3 Å². The predicted molar refractivity (Wildman–Crippen MR) is 153 cm³/mol. The summed E-state index contributed by atoms with van der Waals surface area (Å²) in [6.45, 7) is 0. The molecule has 5 atom stereocenters. The number of nitrogens with one attached hydrogen (secondary N) is 1. The maximum absolute atomic E-state index is 14.6. The molecule has 5 rings (SSSR count). The maximum atomic E-state index is 14.6. The second-order valence-electron chi connectivity index (χ2n) is 10.9. The van der Waals surface area contributed by atoms with E-state index in [2.05, 4.69) is 15.3 Å². The minimum atomic E-state index is -2.81. The molecule has 1 aromatic heterocycles. The number of benzene rings is 1. The molecule has 2 amide bonds. The highest BCUT2D eigenvalue weighted by Crippen LogP contribution is 2.36. The summed E-state index contributed by atoms with van der Waals surface area (Å²) in [5.41, 5.74) is 0.0943. The lowest BCUT2D eigenvalue weighted by molar-refractivity contribution is -0.129. The van der Waals surface area contributed by atoms with Gasteiger partial charge >= 0.3 is 0 Å². The molecule has 13 heteroatoms. The lowest BCUT2D eigenvalue weighted by Crippen LogP contribution is -2.60.